The molecule has 0 aliphatic carbocycles. The maximum Gasteiger partial charge on any atom is 0.309 e. The third-order valence-corrected chi connectivity index (χ3v) is 2.97. The van der Waals surface area contributed by atoms with E-state index in [9.17, 15) is 9.59 Å². The van der Waals surface area contributed by atoms with Crippen LogP contribution in [0.5, 0.6) is 0 Å². The summed E-state index contributed by atoms with van der Waals surface area (Å²) in [4.78, 5) is 23.3. The molecule has 1 amide bonds. The lowest BCUT2D eigenvalue weighted by Gasteiger charge is -2.12. The Labute approximate surface area is 114 Å². The van der Waals surface area contributed by atoms with Crippen molar-refractivity contribution in [3.8, 4) is 0 Å². The minimum Gasteiger partial charge on any atom is -0.455 e. The Kier molecular flexibility index (Phi) is 6.06. The van der Waals surface area contributed by atoms with Gasteiger partial charge in [-0.1, -0.05) is 26.0 Å². The fraction of sp³-hybridized carbons (Fsp3) is 0.467. The zero-order valence-electron chi connectivity index (χ0n) is 11.7. The highest BCUT2D eigenvalue weighted by molar-refractivity contribution is 5.92. The molecule has 0 heterocycles. The Balaban J connectivity index is 2.42. The summed E-state index contributed by atoms with van der Waals surface area (Å²) in [5.41, 5.74) is 1.77. The molecule has 0 aliphatic rings. The zero-order chi connectivity index (χ0) is 14.3. The van der Waals surface area contributed by atoms with Crippen molar-refractivity contribution in [2.24, 2.45) is 5.92 Å². The predicted molar refractivity (Wildman–Crippen MR) is 74.8 cm³/mol. The highest BCUT2D eigenvalue weighted by atomic mass is 16.5. The summed E-state index contributed by atoms with van der Waals surface area (Å²) in [6.45, 7) is 5.58. The largest absolute Gasteiger partial charge is 0.455 e. The molecule has 4 heteroatoms. The number of rotatable bonds is 6. The van der Waals surface area contributed by atoms with Crippen LogP contribution in [0.1, 0.15) is 32.3 Å². The monoisotopic (exact) mass is 263 g/mol. The summed E-state index contributed by atoms with van der Waals surface area (Å²) in [5, 5.41) is 2.70. The summed E-state index contributed by atoms with van der Waals surface area (Å²) in [7, 11) is 0. The maximum absolute atomic E-state index is 11.6. The second-order valence-electron chi connectivity index (χ2n) is 4.54. The lowest BCUT2D eigenvalue weighted by Crippen LogP contribution is -2.24. The molecule has 1 N–H and O–H groups in total. The average molecular weight is 263 g/mol. The van der Waals surface area contributed by atoms with Crippen LogP contribution in [0.3, 0.4) is 0 Å². The first-order chi connectivity index (χ1) is 9.06. The molecule has 0 aliphatic heterocycles. The van der Waals surface area contributed by atoms with E-state index < -0.39 is 0 Å². The van der Waals surface area contributed by atoms with Gasteiger partial charge in [0, 0.05) is 5.69 Å². The van der Waals surface area contributed by atoms with E-state index in [0.29, 0.717) is 5.69 Å². The molecule has 0 atom stereocenters. The quantitative estimate of drug-likeness (QED) is 0.803. The van der Waals surface area contributed by atoms with Crippen molar-refractivity contribution in [1.82, 2.24) is 0 Å². The van der Waals surface area contributed by atoms with Crippen molar-refractivity contribution in [2.75, 3.05) is 11.9 Å². The number of hydrogen-bond donors (Lipinski definition) is 1. The molecule has 0 aromatic heterocycles. The molecular formula is C15H21NO3. The van der Waals surface area contributed by atoms with Gasteiger partial charge in [0.2, 0.25) is 0 Å². The van der Waals surface area contributed by atoms with Crippen LogP contribution in [0.2, 0.25) is 0 Å². The fourth-order valence-corrected chi connectivity index (χ4v) is 1.80. The van der Waals surface area contributed by atoms with E-state index in [1.54, 1.807) is 6.07 Å². The Morgan fingerprint density at radius 1 is 1.26 bits per heavy atom. The first kappa shape index (κ1) is 15.2. The van der Waals surface area contributed by atoms with Crippen LogP contribution < -0.4 is 5.32 Å². The van der Waals surface area contributed by atoms with E-state index in [2.05, 4.69) is 5.32 Å². The molecule has 0 spiro atoms. The van der Waals surface area contributed by atoms with Crippen LogP contribution in [0.25, 0.3) is 0 Å². The van der Waals surface area contributed by atoms with Gasteiger partial charge in [0.1, 0.15) is 0 Å². The van der Waals surface area contributed by atoms with Gasteiger partial charge in [-0.05, 0) is 37.5 Å². The SMILES string of the molecule is CCC(CC)C(=O)OCC(=O)Nc1cccc(C)c1. The molecule has 1 aromatic rings. The third kappa shape index (κ3) is 5.12. The van der Waals surface area contributed by atoms with E-state index in [0.717, 1.165) is 18.4 Å². The van der Waals surface area contributed by atoms with Gasteiger partial charge in [-0.2, -0.15) is 0 Å². The van der Waals surface area contributed by atoms with Crippen LogP contribution in [-0.2, 0) is 14.3 Å². The third-order valence-electron chi connectivity index (χ3n) is 2.97. The number of hydrogen-bond acceptors (Lipinski definition) is 3. The zero-order valence-corrected chi connectivity index (χ0v) is 11.7. The van der Waals surface area contributed by atoms with Crippen molar-refractivity contribution in [2.45, 2.75) is 33.6 Å². The number of nitrogens with one attached hydrogen (secondary N) is 1. The van der Waals surface area contributed by atoms with Gasteiger partial charge in [0.05, 0.1) is 5.92 Å². The Morgan fingerprint density at radius 3 is 2.53 bits per heavy atom. The molecule has 0 saturated carbocycles. The topological polar surface area (TPSA) is 55.4 Å². The maximum atomic E-state index is 11.6. The molecule has 4 nitrogen and oxygen atoms in total. The molecule has 104 valence electrons. The number of ether oxygens (including phenoxy) is 1. The molecule has 0 radical (unpaired) electrons. The molecule has 19 heavy (non-hydrogen) atoms. The van der Waals surface area contributed by atoms with E-state index >= 15 is 0 Å². The number of benzene rings is 1. The molecule has 1 aromatic carbocycles. The average Bonchev–Trinajstić information content (AvgIpc) is 2.38. The van der Waals surface area contributed by atoms with Crippen LogP contribution in [0, 0.1) is 12.8 Å². The van der Waals surface area contributed by atoms with Gasteiger partial charge in [-0.15, -0.1) is 0 Å². The highest BCUT2D eigenvalue weighted by Gasteiger charge is 2.16. The number of carbonyl (C=O) groups excluding carboxylic acids is 2. The van der Waals surface area contributed by atoms with Crippen molar-refractivity contribution in [3.63, 3.8) is 0 Å². The summed E-state index contributed by atoms with van der Waals surface area (Å²) < 4.78 is 5.00. The van der Waals surface area contributed by atoms with E-state index in [1.807, 2.05) is 39.0 Å². The molecule has 0 bridgehead atoms. The lowest BCUT2D eigenvalue weighted by atomic mass is 10.0. The summed E-state index contributed by atoms with van der Waals surface area (Å²) in [6.07, 6.45) is 1.46. The van der Waals surface area contributed by atoms with Crippen LogP contribution in [0.15, 0.2) is 24.3 Å². The van der Waals surface area contributed by atoms with Gasteiger partial charge >= 0.3 is 5.97 Å². The molecule has 0 unspecified atom stereocenters. The van der Waals surface area contributed by atoms with Gasteiger partial charge in [-0.25, -0.2) is 0 Å². The molecule has 1 rings (SSSR count). The van der Waals surface area contributed by atoms with Gasteiger partial charge in [0.25, 0.3) is 5.91 Å². The number of esters is 1. The van der Waals surface area contributed by atoms with E-state index in [-0.39, 0.29) is 24.4 Å². The fourth-order valence-electron chi connectivity index (χ4n) is 1.80. The minimum atomic E-state index is -0.315. The number of anilines is 1. The van der Waals surface area contributed by atoms with E-state index in [1.165, 1.54) is 0 Å². The molecular weight excluding hydrogens is 242 g/mol. The van der Waals surface area contributed by atoms with Crippen molar-refractivity contribution in [1.29, 1.82) is 0 Å². The second-order valence-corrected chi connectivity index (χ2v) is 4.54. The van der Waals surface area contributed by atoms with Gasteiger partial charge in [-0.3, -0.25) is 9.59 Å². The predicted octanol–water partition coefficient (Wildman–Crippen LogP) is 2.91. The lowest BCUT2D eigenvalue weighted by molar-refractivity contribution is -0.151. The van der Waals surface area contributed by atoms with Gasteiger partial charge in [0.15, 0.2) is 6.61 Å². The summed E-state index contributed by atoms with van der Waals surface area (Å²) in [6, 6.07) is 7.47. The van der Waals surface area contributed by atoms with Crippen molar-refractivity contribution >= 4 is 17.6 Å². The van der Waals surface area contributed by atoms with Crippen LogP contribution in [-0.4, -0.2) is 18.5 Å². The first-order valence-electron chi connectivity index (χ1n) is 6.60. The standard InChI is InChI=1S/C15H21NO3/c1-4-12(5-2)15(18)19-10-14(17)16-13-8-6-7-11(3)9-13/h6-9,12H,4-5,10H2,1-3H3,(H,16,17). The normalized spacial score (nSPS) is 10.3. The first-order valence-corrected chi connectivity index (χ1v) is 6.60. The summed E-state index contributed by atoms with van der Waals surface area (Å²) >= 11 is 0. The molecule has 0 saturated heterocycles. The Bertz CT molecular complexity index is 439. The second kappa shape index (κ2) is 7.56. The Morgan fingerprint density at radius 2 is 1.95 bits per heavy atom. The van der Waals surface area contributed by atoms with Crippen molar-refractivity contribution in [3.05, 3.63) is 29.8 Å². The molecule has 0 fully saturated rings. The minimum absolute atomic E-state index is 0.119. The van der Waals surface area contributed by atoms with Gasteiger partial charge < -0.3 is 10.1 Å². The van der Waals surface area contributed by atoms with Crippen molar-refractivity contribution < 1.29 is 14.3 Å². The van der Waals surface area contributed by atoms with Crippen LogP contribution >= 0.6 is 0 Å². The Hall–Kier alpha value is -1.84. The van der Waals surface area contributed by atoms with E-state index in [4.69, 9.17) is 4.74 Å². The smallest absolute Gasteiger partial charge is 0.309 e. The highest BCUT2D eigenvalue weighted by Crippen LogP contribution is 2.11. The summed E-state index contributed by atoms with van der Waals surface area (Å²) in [5.74, 6) is -0.735. The van der Waals surface area contributed by atoms with Crippen LogP contribution in [0.4, 0.5) is 5.69 Å². The number of amides is 1. The number of aryl methyl sites for hydroxylation is 1. The number of carbonyl (C=O) groups is 2.